The first-order valence-electron chi connectivity index (χ1n) is 30.6. The zero-order valence-electron chi connectivity index (χ0n) is 50.0. The number of hydrogen-bond acceptors (Lipinski definition) is 6. The average Bonchev–Trinajstić information content (AvgIpc) is 1.54. The number of hydrogen-bond donors (Lipinski definition) is 0. The fourth-order valence-corrected chi connectivity index (χ4v) is 13.0. The van der Waals surface area contributed by atoms with Gasteiger partial charge in [-0.1, -0.05) is 170 Å². The SMILES string of the molecule is N#Cc1cc(-c2c(-n3c4ccc(-c5cccc(-c6ccccc6)n5)cc4c4cc(-c5cccc(-c6ccccc6)n5)ccc43)cc(C#N)cc2-n2c3ccc(-c4cccc(-c5ccccc5)n4)cc3c3cc(-c4cccc(-c5ccccc5)n4)ccc32)cc(C(F)(F)F)c1. The van der Waals surface area contributed by atoms with Crippen LogP contribution >= 0.6 is 0 Å². The van der Waals surface area contributed by atoms with Gasteiger partial charge in [0, 0.05) is 71.6 Å². The van der Waals surface area contributed by atoms with E-state index in [2.05, 4.69) is 36.4 Å². The van der Waals surface area contributed by atoms with Crippen molar-refractivity contribution in [2.45, 2.75) is 6.18 Å². The zero-order valence-corrected chi connectivity index (χ0v) is 50.0. The topological polar surface area (TPSA) is 109 Å². The van der Waals surface area contributed by atoms with Crippen LogP contribution in [0.4, 0.5) is 13.2 Å². The highest BCUT2D eigenvalue weighted by molar-refractivity contribution is 6.14. The molecule has 0 amide bonds. The normalized spacial score (nSPS) is 11.5. The fourth-order valence-electron chi connectivity index (χ4n) is 13.0. The monoisotopic (exact) mass is 1210 g/mol. The van der Waals surface area contributed by atoms with Crippen molar-refractivity contribution < 1.29 is 13.2 Å². The van der Waals surface area contributed by atoms with Gasteiger partial charge in [-0.25, -0.2) is 19.9 Å². The van der Waals surface area contributed by atoms with Gasteiger partial charge in [0.1, 0.15) is 0 Å². The van der Waals surface area contributed by atoms with Crippen molar-refractivity contribution in [2.75, 3.05) is 0 Å². The van der Waals surface area contributed by atoms with E-state index in [-0.39, 0.29) is 16.7 Å². The van der Waals surface area contributed by atoms with Crippen LogP contribution in [-0.2, 0) is 6.18 Å². The Morgan fingerprint density at radius 3 is 0.819 bits per heavy atom. The Bertz CT molecular complexity index is 5160. The summed E-state index contributed by atoms with van der Waals surface area (Å²) in [5.41, 5.74) is 16.4. The Kier molecular flexibility index (Phi) is 13.9. The highest BCUT2D eigenvalue weighted by Crippen LogP contribution is 2.47. The Hall–Kier alpha value is -12.8. The molecule has 0 aliphatic carbocycles. The smallest absolute Gasteiger partial charge is 0.308 e. The lowest BCUT2D eigenvalue weighted by molar-refractivity contribution is -0.137. The minimum absolute atomic E-state index is 0.111. The van der Waals surface area contributed by atoms with E-state index in [1.54, 1.807) is 12.1 Å². The minimum atomic E-state index is -4.84. The van der Waals surface area contributed by atoms with Crippen LogP contribution in [0.2, 0.25) is 0 Å². The van der Waals surface area contributed by atoms with E-state index >= 15 is 13.2 Å². The van der Waals surface area contributed by atoms with E-state index in [0.29, 0.717) is 39.0 Å². The van der Waals surface area contributed by atoms with E-state index in [0.717, 1.165) is 124 Å². The van der Waals surface area contributed by atoms with Crippen LogP contribution in [0.15, 0.2) is 297 Å². The predicted molar refractivity (Wildman–Crippen MR) is 370 cm³/mol. The van der Waals surface area contributed by atoms with Gasteiger partial charge >= 0.3 is 6.18 Å². The van der Waals surface area contributed by atoms with Gasteiger partial charge < -0.3 is 9.13 Å². The lowest BCUT2D eigenvalue weighted by atomic mass is 9.94. The number of aromatic nitrogens is 6. The summed E-state index contributed by atoms with van der Waals surface area (Å²) in [6.45, 7) is 0. The molecule has 0 unspecified atom stereocenters. The van der Waals surface area contributed by atoms with Gasteiger partial charge in [0.15, 0.2) is 0 Å². The molecule has 94 heavy (non-hydrogen) atoms. The molecule has 0 bridgehead atoms. The second kappa shape index (κ2) is 23.2. The van der Waals surface area contributed by atoms with Gasteiger partial charge in [0.2, 0.25) is 0 Å². The molecule has 0 N–H and O–H groups in total. The highest BCUT2D eigenvalue weighted by atomic mass is 19.4. The summed E-state index contributed by atoms with van der Waals surface area (Å²) in [7, 11) is 0. The van der Waals surface area contributed by atoms with Crippen LogP contribution < -0.4 is 0 Å². The maximum Gasteiger partial charge on any atom is 0.416 e. The van der Waals surface area contributed by atoms with Gasteiger partial charge in [0.25, 0.3) is 0 Å². The molecule has 0 saturated heterocycles. The first kappa shape index (κ1) is 56.4. The minimum Gasteiger partial charge on any atom is -0.308 e. The molecule has 0 aliphatic heterocycles. The Labute approximate surface area is 538 Å². The molecular formula is C83H49F3N8. The third kappa shape index (κ3) is 10.3. The van der Waals surface area contributed by atoms with E-state index in [9.17, 15) is 10.5 Å². The molecule has 0 atom stereocenters. The predicted octanol–water partition coefficient (Wildman–Crippen LogP) is 21.2. The summed E-state index contributed by atoms with van der Waals surface area (Å²) >= 11 is 0. The molecule has 8 nitrogen and oxygen atoms in total. The third-order valence-electron chi connectivity index (χ3n) is 17.4. The van der Waals surface area contributed by atoms with Crippen molar-refractivity contribution in [3.8, 4) is 125 Å². The van der Waals surface area contributed by atoms with E-state index < -0.39 is 11.7 Å². The lowest BCUT2D eigenvalue weighted by Crippen LogP contribution is -2.08. The third-order valence-corrected chi connectivity index (χ3v) is 17.4. The van der Waals surface area contributed by atoms with Crippen molar-refractivity contribution in [3.05, 3.63) is 314 Å². The summed E-state index contributed by atoms with van der Waals surface area (Å²) < 4.78 is 50.6. The molecule has 0 saturated carbocycles. The molecule has 442 valence electrons. The van der Waals surface area contributed by atoms with E-state index in [1.807, 2.05) is 252 Å². The Morgan fingerprint density at radius 1 is 0.266 bits per heavy atom. The summed E-state index contributed by atoms with van der Waals surface area (Å²) in [5.74, 6) is 0. The summed E-state index contributed by atoms with van der Waals surface area (Å²) in [4.78, 5) is 20.7. The zero-order chi connectivity index (χ0) is 63.4. The summed E-state index contributed by atoms with van der Waals surface area (Å²) in [5, 5.41) is 25.3. The van der Waals surface area contributed by atoms with Crippen LogP contribution in [0.3, 0.4) is 0 Å². The van der Waals surface area contributed by atoms with E-state index in [4.69, 9.17) is 19.9 Å². The number of benzene rings is 10. The standard InChI is InChI=1S/C83H49F3N8/c84-83(85,86)63-42-52(50-87)41-62(45-63)82-80(93-76-37-33-58(72-29-13-25-68(89-72)54-17-5-1-6-18-54)46-64(76)65-47-59(34-38-77(65)93)73-30-14-26-69(90-73)55-19-7-2-8-20-55)43-53(51-88)44-81(82)94-78-39-35-60(74-31-15-27-70(91-74)56-21-9-3-10-22-56)48-66(78)67-49-61(36-40-79(67)94)75-32-16-28-71(92-75)57-23-11-4-12-24-57/h1-49H. The van der Waals surface area contributed by atoms with Crippen molar-refractivity contribution in [2.24, 2.45) is 0 Å². The first-order valence-corrected chi connectivity index (χ1v) is 30.6. The van der Waals surface area contributed by atoms with Gasteiger partial charge in [-0.2, -0.15) is 23.7 Å². The highest BCUT2D eigenvalue weighted by Gasteiger charge is 2.33. The van der Waals surface area contributed by atoms with Crippen LogP contribution in [0.5, 0.6) is 0 Å². The lowest BCUT2D eigenvalue weighted by Gasteiger charge is -2.22. The average molecular weight is 1220 g/mol. The Balaban J connectivity index is 0.985. The largest absolute Gasteiger partial charge is 0.416 e. The van der Waals surface area contributed by atoms with Crippen molar-refractivity contribution >= 4 is 43.6 Å². The Morgan fingerprint density at radius 2 is 0.543 bits per heavy atom. The molecule has 16 rings (SSSR count). The maximum atomic E-state index is 15.5. The van der Waals surface area contributed by atoms with Crippen LogP contribution in [0.25, 0.3) is 156 Å². The van der Waals surface area contributed by atoms with Crippen LogP contribution in [0, 0.1) is 22.7 Å². The molecule has 0 radical (unpaired) electrons. The molecule has 16 aromatic rings. The number of nitriles is 2. The molecule has 0 aliphatic rings. The number of rotatable bonds is 11. The quantitative estimate of drug-likeness (QED) is 0.128. The number of pyridine rings is 4. The number of nitrogens with zero attached hydrogens (tertiary/aromatic N) is 8. The molecule has 6 heterocycles. The van der Waals surface area contributed by atoms with Crippen molar-refractivity contribution in [1.82, 2.24) is 29.1 Å². The first-order chi connectivity index (χ1) is 46.1. The van der Waals surface area contributed by atoms with E-state index in [1.165, 1.54) is 6.07 Å². The van der Waals surface area contributed by atoms with Crippen LogP contribution in [-0.4, -0.2) is 29.1 Å². The maximum absolute atomic E-state index is 15.5. The fraction of sp³-hybridized carbons (Fsp3) is 0.0120. The second-order valence-electron chi connectivity index (χ2n) is 23.1. The van der Waals surface area contributed by atoms with Gasteiger partial charge in [-0.15, -0.1) is 0 Å². The number of fused-ring (bicyclic) bond motifs is 6. The van der Waals surface area contributed by atoms with Gasteiger partial charge in [-0.3, -0.25) is 0 Å². The molecule has 0 spiro atoms. The van der Waals surface area contributed by atoms with Crippen LogP contribution in [0.1, 0.15) is 16.7 Å². The number of halogens is 3. The molecule has 10 aromatic carbocycles. The van der Waals surface area contributed by atoms with Gasteiger partial charge in [-0.05, 0) is 133 Å². The second-order valence-corrected chi connectivity index (χ2v) is 23.1. The van der Waals surface area contributed by atoms with Gasteiger partial charge in [0.05, 0.1) is 108 Å². The molecule has 0 fully saturated rings. The summed E-state index contributed by atoms with van der Waals surface area (Å²) in [6, 6.07) is 99.7. The molecule has 6 aromatic heterocycles. The van der Waals surface area contributed by atoms with Crippen molar-refractivity contribution in [3.63, 3.8) is 0 Å². The van der Waals surface area contributed by atoms with Crippen molar-refractivity contribution in [1.29, 1.82) is 10.5 Å². The number of alkyl halides is 3. The molecular weight excluding hydrogens is 1170 g/mol. The molecule has 11 heteroatoms. The summed E-state index contributed by atoms with van der Waals surface area (Å²) in [6.07, 6.45) is -4.84.